The van der Waals surface area contributed by atoms with E-state index in [9.17, 15) is 4.79 Å². The highest BCUT2D eigenvalue weighted by atomic mass is 16.6. The van der Waals surface area contributed by atoms with Crippen molar-refractivity contribution in [2.45, 2.75) is 46.1 Å². The van der Waals surface area contributed by atoms with E-state index < -0.39 is 6.09 Å². The molecule has 14 heavy (non-hydrogen) atoms. The Bertz CT molecular complexity index is 203. The van der Waals surface area contributed by atoms with Gasteiger partial charge in [0.1, 0.15) is 6.10 Å². The Morgan fingerprint density at radius 3 is 2.57 bits per heavy atom. The van der Waals surface area contributed by atoms with Crippen molar-refractivity contribution < 1.29 is 9.53 Å². The monoisotopic (exact) mass is 199 g/mol. The molecule has 0 aliphatic heterocycles. The minimum absolute atomic E-state index is 0.0382. The number of nitrogens with two attached hydrogens (primary N) is 1. The first-order valence-electron chi connectivity index (χ1n) is 5.46. The molecular weight excluding hydrogens is 178 g/mol. The highest BCUT2D eigenvalue weighted by Gasteiger charge is 2.32. The molecule has 3 atom stereocenters. The molecule has 0 spiro atoms. The van der Waals surface area contributed by atoms with Crippen molar-refractivity contribution in [3.63, 3.8) is 0 Å². The molecule has 0 radical (unpaired) electrons. The Kier molecular flexibility index (Phi) is 3.78. The van der Waals surface area contributed by atoms with E-state index >= 15 is 0 Å². The zero-order valence-electron chi connectivity index (χ0n) is 9.32. The smallest absolute Gasteiger partial charge is 0.404 e. The minimum atomic E-state index is -0.630. The van der Waals surface area contributed by atoms with Crippen molar-refractivity contribution in [1.82, 2.24) is 0 Å². The largest absolute Gasteiger partial charge is 0.446 e. The Morgan fingerprint density at radius 1 is 1.43 bits per heavy atom. The summed E-state index contributed by atoms with van der Waals surface area (Å²) in [7, 11) is 0. The minimum Gasteiger partial charge on any atom is -0.446 e. The van der Waals surface area contributed by atoms with Gasteiger partial charge in [-0.3, -0.25) is 0 Å². The first-order chi connectivity index (χ1) is 6.50. The number of primary amides is 1. The van der Waals surface area contributed by atoms with Gasteiger partial charge in [-0.25, -0.2) is 4.79 Å². The first kappa shape index (κ1) is 11.3. The van der Waals surface area contributed by atoms with Crippen LogP contribution < -0.4 is 5.73 Å². The second-order valence-corrected chi connectivity index (χ2v) is 4.80. The maximum absolute atomic E-state index is 10.7. The number of hydrogen-bond donors (Lipinski definition) is 1. The molecule has 0 aromatic rings. The van der Waals surface area contributed by atoms with Crippen LogP contribution in [0, 0.1) is 17.8 Å². The van der Waals surface area contributed by atoms with E-state index in [4.69, 9.17) is 10.5 Å². The molecule has 1 rings (SSSR count). The van der Waals surface area contributed by atoms with E-state index in [2.05, 4.69) is 20.8 Å². The van der Waals surface area contributed by atoms with Crippen LogP contribution in [0.3, 0.4) is 0 Å². The number of hydrogen-bond acceptors (Lipinski definition) is 2. The highest BCUT2D eigenvalue weighted by molar-refractivity contribution is 5.64. The molecule has 1 amide bonds. The lowest BCUT2D eigenvalue weighted by atomic mass is 9.75. The van der Waals surface area contributed by atoms with Crippen molar-refractivity contribution in [3.05, 3.63) is 0 Å². The molecular formula is C11H21NO2. The van der Waals surface area contributed by atoms with Gasteiger partial charge in [0, 0.05) is 0 Å². The predicted molar refractivity (Wildman–Crippen MR) is 55.8 cm³/mol. The fourth-order valence-electron chi connectivity index (χ4n) is 2.40. The summed E-state index contributed by atoms with van der Waals surface area (Å²) in [5.41, 5.74) is 5.07. The molecule has 1 aliphatic carbocycles. The van der Waals surface area contributed by atoms with Gasteiger partial charge >= 0.3 is 6.09 Å². The van der Waals surface area contributed by atoms with Gasteiger partial charge in [-0.15, -0.1) is 0 Å². The Balaban J connectivity index is 2.58. The molecule has 1 saturated carbocycles. The summed E-state index contributed by atoms with van der Waals surface area (Å²) in [6.07, 6.45) is 2.76. The number of carbonyl (C=O) groups is 1. The van der Waals surface area contributed by atoms with Gasteiger partial charge < -0.3 is 10.5 Å². The second-order valence-electron chi connectivity index (χ2n) is 4.80. The third-order valence-corrected chi connectivity index (χ3v) is 3.23. The van der Waals surface area contributed by atoms with Gasteiger partial charge in [-0.1, -0.05) is 27.2 Å². The van der Waals surface area contributed by atoms with Crippen LogP contribution in [0.5, 0.6) is 0 Å². The zero-order valence-corrected chi connectivity index (χ0v) is 9.32. The van der Waals surface area contributed by atoms with E-state index in [1.165, 1.54) is 6.42 Å². The highest BCUT2D eigenvalue weighted by Crippen LogP contribution is 2.35. The van der Waals surface area contributed by atoms with E-state index in [0.717, 1.165) is 12.8 Å². The third-order valence-electron chi connectivity index (χ3n) is 3.23. The standard InChI is InChI=1S/C11H21NO2/c1-7(2)9-5-4-8(3)6-10(9)14-11(12)13/h7-10H,4-6H2,1-3H3,(H2,12,13)/t8-,9-,10+/m1/s1. The van der Waals surface area contributed by atoms with Crippen molar-refractivity contribution in [2.75, 3.05) is 0 Å². The quantitative estimate of drug-likeness (QED) is 0.743. The van der Waals surface area contributed by atoms with E-state index in [1.807, 2.05) is 0 Å². The number of rotatable bonds is 2. The average molecular weight is 199 g/mol. The second kappa shape index (κ2) is 4.67. The average Bonchev–Trinajstić information content (AvgIpc) is 2.01. The SMILES string of the molecule is CC(C)[C@H]1CC[C@@H](C)C[C@@H]1OC(N)=O. The molecule has 1 aliphatic rings. The van der Waals surface area contributed by atoms with Gasteiger partial charge in [-0.2, -0.15) is 0 Å². The van der Waals surface area contributed by atoms with Crippen LogP contribution in [-0.2, 0) is 4.74 Å². The molecule has 0 unspecified atom stereocenters. The van der Waals surface area contributed by atoms with Gasteiger partial charge in [0.15, 0.2) is 0 Å². The summed E-state index contributed by atoms with van der Waals surface area (Å²) in [4.78, 5) is 10.7. The van der Waals surface area contributed by atoms with Gasteiger partial charge in [0.25, 0.3) is 0 Å². The maximum atomic E-state index is 10.7. The maximum Gasteiger partial charge on any atom is 0.404 e. The van der Waals surface area contributed by atoms with E-state index in [-0.39, 0.29) is 6.10 Å². The lowest BCUT2D eigenvalue weighted by Gasteiger charge is -2.36. The first-order valence-corrected chi connectivity index (χ1v) is 5.46. The number of carbonyl (C=O) groups excluding carboxylic acids is 1. The summed E-state index contributed by atoms with van der Waals surface area (Å²) in [6, 6.07) is 0. The molecule has 82 valence electrons. The van der Waals surface area contributed by atoms with E-state index in [0.29, 0.717) is 17.8 Å². The topological polar surface area (TPSA) is 52.3 Å². The fraction of sp³-hybridized carbons (Fsp3) is 0.909. The molecule has 1 fully saturated rings. The molecule has 3 heteroatoms. The summed E-state index contributed by atoms with van der Waals surface area (Å²) < 4.78 is 5.17. The molecule has 0 aromatic carbocycles. The fourth-order valence-corrected chi connectivity index (χ4v) is 2.40. The van der Waals surface area contributed by atoms with Crippen molar-refractivity contribution in [3.8, 4) is 0 Å². The predicted octanol–water partition coefficient (Wildman–Crippen LogP) is 2.54. The summed E-state index contributed by atoms with van der Waals surface area (Å²) >= 11 is 0. The summed E-state index contributed by atoms with van der Waals surface area (Å²) in [5.74, 6) is 1.69. The van der Waals surface area contributed by atoms with Gasteiger partial charge in [0.05, 0.1) is 0 Å². The zero-order chi connectivity index (χ0) is 10.7. The van der Waals surface area contributed by atoms with Crippen molar-refractivity contribution in [2.24, 2.45) is 23.5 Å². The molecule has 0 saturated heterocycles. The summed E-state index contributed by atoms with van der Waals surface area (Å²) in [6.45, 7) is 6.56. The summed E-state index contributed by atoms with van der Waals surface area (Å²) in [5, 5.41) is 0. The molecule has 0 heterocycles. The number of ether oxygens (including phenoxy) is 1. The Labute approximate surface area is 86.0 Å². The van der Waals surface area contributed by atoms with E-state index in [1.54, 1.807) is 0 Å². The number of amides is 1. The molecule has 3 nitrogen and oxygen atoms in total. The lowest BCUT2D eigenvalue weighted by Crippen LogP contribution is -2.37. The normalized spacial score (nSPS) is 33.0. The molecule has 0 bridgehead atoms. The van der Waals surface area contributed by atoms with Crippen LogP contribution in [0.1, 0.15) is 40.0 Å². The van der Waals surface area contributed by atoms with Crippen LogP contribution in [0.25, 0.3) is 0 Å². The third kappa shape index (κ3) is 2.89. The Hall–Kier alpha value is -0.730. The van der Waals surface area contributed by atoms with Crippen LogP contribution in [0.2, 0.25) is 0 Å². The molecule has 0 aromatic heterocycles. The Morgan fingerprint density at radius 2 is 2.07 bits per heavy atom. The van der Waals surface area contributed by atoms with Crippen LogP contribution in [0.15, 0.2) is 0 Å². The van der Waals surface area contributed by atoms with Crippen LogP contribution in [0.4, 0.5) is 4.79 Å². The van der Waals surface area contributed by atoms with Crippen LogP contribution in [-0.4, -0.2) is 12.2 Å². The van der Waals surface area contributed by atoms with Gasteiger partial charge in [-0.05, 0) is 30.6 Å². The van der Waals surface area contributed by atoms with Crippen LogP contribution >= 0.6 is 0 Å². The molecule has 2 N–H and O–H groups in total. The van der Waals surface area contributed by atoms with Crippen molar-refractivity contribution in [1.29, 1.82) is 0 Å². The van der Waals surface area contributed by atoms with Gasteiger partial charge in [0.2, 0.25) is 0 Å². The van der Waals surface area contributed by atoms with Crippen molar-refractivity contribution >= 4 is 6.09 Å². The lowest BCUT2D eigenvalue weighted by molar-refractivity contribution is 0.0105.